The van der Waals surface area contributed by atoms with Gasteiger partial charge in [-0.1, -0.05) is 24.3 Å². The van der Waals surface area contributed by atoms with Gasteiger partial charge in [0.05, 0.1) is 12.7 Å². The zero-order valence-corrected chi connectivity index (χ0v) is 19.4. The first-order valence-corrected chi connectivity index (χ1v) is 11.6. The maximum absolute atomic E-state index is 12.7. The molecule has 0 aliphatic rings. The van der Waals surface area contributed by atoms with Crippen molar-refractivity contribution in [2.45, 2.75) is 29.9 Å². The molecular weight excluding hydrogens is 446 g/mol. The second-order valence-corrected chi connectivity index (χ2v) is 7.76. The number of aliphatic carboxylic acids is 1. The number of anilines is 1. The van der Waals surface area contributed by atoms with E-state index in [1.165, 1.54) is 13.2 Å². The molecule has 0 radical (unpaired) electrons. The molecule has 178 valence electrons. The van der Waals surface area contributed by atoms with Crippen LogP contribution in [0.2, 0.25) is 0 Å². The zero-order valence-electron chi connectivity index (χ0n) is 18.6. The fourth-order valence-electron chi connectivity index (χ4n) is 3.12. The van der Waals surface area contributed by atoms with E-state index >= 15 is 0 Å². The summed E-state index contributed by atoms with van der Waals surface area (Å²) in [6.07, 6.45) is 3.27. The van der Waals surface area contributed by atoms with E-state index in [2.05, 4.69) is 5.32 Å². The third-order valence-electron chi connectivity index (χ3n) is 4.66. The number of allylic oxidation sites excluding steroid dienone is 1. The smallest absolute Gasteiger partial charge is 0.412 e. The quantitative estimate of drug-likeness (QED) is 0.286. The highest BCUT2D eigenvalue weighted by atomic mass is 32.2. The van der Waals surface area contributed by atoms with Crippen LogP contribution in [0.1, 0.15) is 24.5 Å². The topological polar surface area (TPSA) is 114 Å². The van der Waals surface area contributed by atoms with Crippen LogP contribution in [0.5, 0.6) is 5.75 Å². The minimum atomic E-state index is -1.04. The highest BCUT2D eigenvalue weighted by Crippen LogP contribution is 2.33. The van der Waals surface area contributed by atoms with Gasteiger partial charge in [0, 0.05) is 29.3 Å². The van der Waals surface area contributed by atoms with Crippen molar-refractivity contribution in [2.75, 3.05) is 31.9 Å². The number of methoxy groups -OCH3 is 1. The number of aliphatic hydroxyl groups is 1. The number of hydrogen-bond acceptors (Lipinski definition) is 7. The molecule has 0 fully saturated rings. The van der Waals surface area contributed by atoms with E-state index in [1.807, 2.05) is 18.4 Å². The summed E-state index contributed by atoms with van der Waals surface area (Å²) < 4.78 is 17.0. The van der Waals surface area contributed by atoms with E-state index in [0.29, 0.717) is 29.8 Å². The van der Waals surface area contributed by atoms with Gasteiger partial charge in [-0.3, -0.25) is 5.32 Å². The molecule has 9 heteroatoms. The van der Waals surface area contributed by atoms with Gasteiger partial charge in [-0.15, -0.1) is 11.8 Å². The van der Waals surface area contributed by atoms with Crippen molar-refractivity contribution < 1.29 is 34.0 Å². The predicted octanol–water partition coefficient (Wildman–Crippen LogP) is 4.51. The molecular formula is C24H29NO7S. The molecule has 0 saturated heterocycles. The van der Waals surface area contributed by atoms with Gasteiger partial charge in [-0.25, -0.2) is 9.59 Å². The van der Waals surface area contributed by atoms with Crippen LogP contribution in [0.25, 0.3) is 0 Å². The molecule has 3 N–H and O–H groups in total. The predicted molar refractivity (Wildman–Crippen MR) is 127 cm³/mol. The van der Waals surface area contributed by atoms with Crippen LogP contribution >= 0.6 is 11.8 Å². The average Bonchev–Trinajstić information content (AvgIpc) is 2.82. The van der Waals surface area contributed by atoms with Crippen LogP contribution in [0.4, 0.5) is 10.5 Å². The Kier molecular flexibility index (Phi) is 11.3. The zero-order chi connectivity index (χ0) is 24.1. The minimum absolute atomic E-state index is 0.0801. The van der Waals surface area contributed by atoms with Gasteiger partial charge in [0.2, 0.25) is 0 Å². The Morgan fingerprint density at radius 1 is 1.15 bits per heavy atom. The molecule has 2 aromatic carbocycles. The number of carbonyl (C=O) groups is 2. The van der Waals surface area contributed by atoms with Gasteiger partial charge in [0.15, 0.2) is 6.10 Å². The molecule has 0 saturated carbocycles. The molecule has 2 aromatic rings. The highest BCUT2D eigenvalue weighted by Gasteiger charge is 2.29. The number of para-hydroxylation sites is 1. The lowest BCUT2D eigenvalue weighted by Gasteiger charge is -2.27. The normalized spacial score (nSPS) is 12.8. The highest BCUT2D eigenvalue weighted by molar-refractivity contribution is 7.98. The molecule has 2 atom stereocenters. The van der Waals surface area contributed by atoms with E-state index in [9.17, 15) is 9.59 Å². The number of carboxylic acids is 1. The molecule has 0 aliphatic carbocycles. The molecule has 2 rings (SSSR count). The Labute approximate surface area is 197 Å². The first kappa shape index (κ1) is 26.2. The summed E-state index contributed by atoms with van der Waals surface area (Å²) in [6.45, 7) is -0.0865. The lowest BCUT2D eigenvalue weighted by molar-refractivity contribution is -0.131. The number of thioether (sulfide) groups is 1. The van der Waals surface area contributed by atoms with Gasteiger partial charge in [0.25, 0.3) is 0 Å². The van der Waals surface area contributed by atoms with Crippen molar-refractivity contribution in [1.82, 2.24) is 0 Å². The number of aliphatic hydroxyl groups excluding tert-OH is 1. The SMILES string of the molecule is CO[C@H](CC/C=C/C(=O)O)[C@H](OC(=O)Nc1ccc(SC)cc1)c1ccccc1OCCO. The maximum atomic E-state index is 12.7. The van der Waals surface area contributed by atoms with Gasteiger partial charge >= 0.3 is 12.1 Å². The Morgan fingerprint density at radius 2 is 1.88 bits per heavy atom. The molecule has 0 heterocycles. The van der Waals surface area contributed by atoms with Gasteiger partial charge < -0.3 is 24.4 Å². The number of benzene rings is 2. The number of rotatable bonds is 13. The van der Waals surface area contributed by atoms with Crippen LogP contribution in [-0.4, -0.2) is 55.0 Å². The second-order valence-electron chi connectivity index (χ2n) is 6.88. The lowest BCUT2D eigenvalue weighted by atomic mass is 9.99. The molecule has 8 nitrogen and oxygen atoms in total. The summed E-state index contributed by atoms with van der Waals surface area (Å²) in [5.41, 5.74) is 1.16. The third kappa shape index (κ3) is 8.80. The summed E-state index contributed by atoms with van der Waals surface area (Å²) in [5, 5.41) is 20.7. The van der Waals surface area contributed by atoms with Crippen molar-refractivity contribution in [2.24, 2.45) is 0 Å². The van der Waals surface area contributed by atoms with Crippen LogP contribution in [0.15, 0.2) is 65.6 Å². The van der Waals surface area contributed by atoms with E-state index in [0.717, 1.165) is 11.0 Å². The van der Waals surface area contributed by atoms with Crippen molar-refractivity contribution in [3.63, 3.8) is 0 Å². The number of hydrogen-bond donors (Lipinski definition) is 3. The number of carbonyl (C=O) groups excluding carboxylic acids is 1. The Balaban J connectivity index is 2.25. The van der Waals surface area contributed by atoms with Gasteiger partial charge in [-0.05, 0) is 49.4 Å². The molecule has 0 spiro atoms. The van der Waals surface area contributed by atoms with Crippen LogP contribution in [0, 0.1) is 0 Å². The molecule has 1 amide bonds. The monoisotopic (exact) mass is 475 g/mol. The number of ether oxygens (including phenoxy) is 3. The van der Waals surface area contributed by atoms with Crippen LogP contribution in [-0.2, 0) is 14.3 Å². The fraction of sp³-hybridized carbons (Fsp3) is 0.333. The van der Waals surface area contributed by atoms with E-state index in [1.54, 1.807) is 48.2 Å². The molecule has 0 bridgehead atoms. The van der Waals surface area contributed by atoms with Crippen molar-refractivity contribution in [3.05, 3.63) is 66.2 Å². The van der Waals surface area contributed by atoms with Crippen LogP contribution in [0.3, 0.4) is 0 Å². The van der Waals surface area contributed by atoms with E-state index in [4.69, 9.17) is 24.4 Å². The van der Waals surface area contributed by atoms with Gasteiger partial charge in [0.1, 0.15) is 12.4 Å². The van der Waals surface area contributed by atoms with Crippen molar-refractivity contribution >= 4 is 29.5 Å². The lowest BCUT2D eigenvalue weighted by Crippen LogP contribution is -2.28. The number of carboxylic acid groups (broad SMARTS) is 1. The minimum Gasteiger partial charge on any atom is -0.491 e. The molecule has 0 unspecified atom stereocenters. The fourth-order valence-corrected chi connectivity index (χ4v) is 3.52. The second kappa shape index (κ2) is 14.2. The van der Waals surface area contributed by atoms with Crippen LogP contribution < -0.4 is 10.1 Å². The summed E-state index contributed by atoms with van der Waals surface area (Å²) in [6, 6.07) is 14.4. The average molecular weight is 476 g/mol. The standard InChI is InChI=1S/C24H29NO7S/c1-30-21(9-5-6-10-22(27)28)23(19-7-3-4-8-20(19)31-16-15-26)32-24(29)25-17-11-13-18(33-2)14-12-17/h3-4,6-8,10-14,21,23,26H,5,9,15-16H2,1-2H3,(H,25,29)(H,27,28)/b10-6+/t21-,23-/m1/s1. The Morgan fingerprint density at radius 3 is 2.52 bits per heavy atom. The van der Waals surface area contributed by atoms with Crippen molar-refractivity contribution in [1.29, 1.82) is 0 Å². The summed E-state index contributed by atoms with van der Waals surface area (Å²) in [5.74, 6) is -0.580. The van der Waals surface area contributed by atoms with Gasteiger partial charge in [-0.2, -0.15) is 0 Å². The first-order valence-electron chi connectivity index (χ1n) is 10.3. The largest absolute Gasteiger partial charge is 0.491 e. The summed E-state index contributed by atoms with van der Waals surface area (Å²) in [4.78, 5) is 24.6. The van der Waals surface area contributed by atoms with Crippen molar-refractivity contribution in [3.8, 4) is 5.75 Å². The Hall–Kier alpha value is -3.01. The molecule has 33 heavy (non-hydrogen) atoms. The number of amides is 1. The van der Waals surface area contributed by atoms with E-state index < -0.39 is 24.3 Å². The third-order valence-corrected chi connectivity index (χ3v) is 5.41. The summed E-state index contributed by atoms with van der Waals surface area (Å²) >= 11 is 1.60. The Bertz CT molecular complexity index is 917. The van der Waals surface area contributed by atoms with E-state index in [-0.39, 0.29) is 13.2 Å². The molecule has 0 aromatic heterocycles. The molecule has 0 aliphatic heterocycles. The maximum Gasteiger partial charge on any atom is 0.412 e. The first-order chi connectivity index (χ1) is 16.0. The number of nitrogens with one attached hydrogen (secondary N) is 1. The summed E-state index contributed by atoms with van der Waals surface area (Å²) in [7, 11) is 1.50.